The van der Waals surface area contributed by atoms with Crippen molar-refractivity contribution in [2.24, 2.45) is 0 Å². The first kappa shape index (κ1) is 19.6. The largest absolute Gasteiger partial charge is 0.368 e. The van der Waals surface area contributed by atoms with E-state index in [1.165, 1.54) is 11.3 Å². The van der Waals surface area contributed by atoms with Crippen molar-refractivity contribution < 1.29 is 9.59 Å². The number of aryl methyl sites for hydroxylation is 1. The van der Waals surface area contributed by atoms with Crippen LogP contribution >= 0.6 is 0 Å². The third kappa shape index (κ3) is 3.65. The molecular formula is C26H27N3O2. The molecule has 2 aliphatic rings. The van der Waals surface area contributed by atoms with Gasteiger partial charge in [0.25, 0.3) is 0 Å². The van der Waals surface area contributed by atoms with Gasteiger partial charge in [0.15, 0.2) is 0 Å². The van der Waals surface area contributed by atoms with E-state index in [2.05, 4.69) is 36.1 Å². The number of hydrogen-bond acceptors (Lipinski definition) is 3. The normalized spacial score (nSPS) is 18.2. The Labute approximate surface area is 182 Å². The van der Waals surface area contributed by atoms with Crippen LogP contribution in [0.3, 0.4) is 0 Å². The Balaban J connectivity index is 1.27. The molecule has 1 atom stereocenters. The van der Waals surface area contributed by atoms with Crippen LogP contribution in [0.5, 0.6) is 0 Å². The molecule has 158 valence electrons. The number of nitrogens with zero attached hydrogens (tertiary/aromatic N) is 3. The molecule has 5 rings (SSSR count). The highest BCUT2D eigenvalue weighted by atomic mass is 16.2. The number of rotatable bonds is 4. The predicted octanol–water partition coefficient (Wildman–Crippen LogP) is 3.86. The molecule has 1 aromatic heterocycles. The second kappa shape index (κ2) is 8.06. The summed E-state index contributed by atoms with van der Waals surface area (Å²) in [6.07, 6.45) is 0.766. The van der Waals surface area contributed by atoms with E-state index in [4.69, 9.17) is 0 Å². The Morgan fingerprint density at radius 2 is 1.52 bits per heavy atom. The standard InChI is InChI=1S/C26H27N3O2/c1-19-7-9-21(10-8-19)27-15-17-28(18-16-27)26(31)22-13-14-29-23(22)11-12-24(29)25(30)20-5-3-2-4-6-20/h2-12,22H,13-18H2,1H3/t22-/m1/s1. The summed E-state index contributed by atoms with van der Waals surface area (Å²) in [5, 5.41) is 0. The molecule has 0 radical (unpaired) electrons. The molecule has 0 bridgehead atoms. The molecule has 2 aliphatic heterocycles. The number of carbonyl (C=O) groups excluding carboxylic acids is 2. The van der Waals surface area contributed by atoms with Gasteiger partial charge < -0.3 is 14.4 Å². The second-order valence-corrected chi connectivity index (χ2v) is 8.48. The van der Waals surface area contributed by atoms with Crippen LogP contribution in [0, 0.1) is 6.92 Å². The molecule has 5 nitrogen and oxygen atoms in total. The topological polar surface area (TPSA) is 45.5 Å². The Hall–Kier alpha value is -3.34. The quantitative estimate of drug-likeness (QED) is 0.610. The van der Waals surface area contributed by atoms with Crippen LogP contribution in [-0.2, 0) is 11.3 Å². The summed E-state index contributed by atoms with van der Waals surface area (Å²) >= 11 is 0. The van der Waals surface area contributed by atoms with Crippen molar-refractivity contribution in [2.75, 3.05) is 31.1 Å². The number of aromatic nitrogens is 1. The molecule has 3 heterocycles. The minimum absolute atomic E-state index is 0.0201. The number of anilines is 1. The van der Waals surface area contributed by atoms with E-state index in [1.54, 1.807) is 0 Å². The molecule has 0 saturated carbocycles. The van der Waals surface area contributed by atoms with Gasteiger partial charge in [-0.25, -0.2) is 0 Å². The van der Waals surface area contributed by atoms with Gasteiger partial charge in [0.1, 0.15) is 0 Å². The minimum atomic E-state index is -0.150. The average molecular weight is 414 g/mol. The van der Waals surface area contributed by atoms with Crippen molar-refractivity contribution in [1.82, 2.24) is 9.47 Å². The molecule has 1 amide bonds. The van der Waals surface area contributed by atoms with Crippen molar-refractivity contribution in [1.29, 1.82) is 0 Å². The Morgan fingerprint density at radius 3 is 2.23 bits per heavy atom. The summed E-state index contributed by atoms with van der Waals surface area (Å²) in [7, 11) is 0. The lowest BCUT2D eigenvalue weighted by atomic mass is 10.0. The summed E-state index contributed by atoms with van der Waals surface area (Å²) in [5.41, 5.74) is 4.82. The molecule has 1 saturated heterocycles. The monoisotopic (exact) mass is 413 g/mol. The molecule has 0 spiro atoms. The second-order valence-electron chi connectivity index (χ2n) is 8.48. The first-order valence-corrected chi connectivity index (χ1v) is 11.0. The van der Waals surface area contributed by atoms with E-state index in [0.29, 0.717) is 11.3 Å². The highest BCUT2D eigenvalue weighted by Gasteiger charge is 2.35. The lowest BCUT2D eigenvalue weighted by Crippen LogP contribution is -2.50. The van der Waals surface area contributed by atoms with Gasteiger partial charge in [-0.05, 0) is 37.6 Å². The number of fused-ring (bicyclic) bond motifs is 1. The van der Waals surface area contributed by atoms with E-state index in [-0.39, 0.29) is 17.6 Å². The highest BCUT2D eigenvalue weighted by Crippen LogP contribution is 2.33. The van der Waals surface area contributed by atoms with Gasteiger partial charge in [-0.1, -0.05) is 48.0 Å². The lowest BCUT2D eigenvalue weighted by molar-refractivity contribution is -0.133. The van der Waals surface area contributed by atoms with Gasteiger partial charge in [-0.15, -0.1) is 0 Å². The van der Waals surface area contributed by atoms with Gasteiger partial charge >= 0.3 is 0 Å². The van der Waals surface area contributed by atoms with Crippen LogP contribution in [-0.4, -0.2) is 47.3 Å². The molecule has 0 N–H and O–H groups in total. The molecule has 0 aliphatic carbocycles. The molecule has 31 heavy (non-hydrogen) atoms. The summed E-state index contributed by atoms with van der Waals surface area (Å²) in [5.74, 6) is 0.0639. The molecule has 1 fully saturated rings. The van der Waals surface area contributed by atoms with Gasteiger partial charge in [-0.3, -0.25) is 9.59 Å². The molecule has 0 unspecified atom stereocenters. The number of carbonyl (C=O) groups is 2. The van der Waals surface area contributed by atoms with E-state index < -0.39 is 0 Å². The summed E-state index contributed by atoms with van der Waals surface area (Å²) in [4.78, 5) is 30.6. The zero-order valence-electron chi connectivity index (χ0n) is 17.8. The van der Waals surface area contributed by atoms with E-state index in [9.17, 15) is 9.59 Å². The Bertz CT molecular complexity index is 1090. The Kier molecular flexibility index (Phi) is 5.10. The third-order valence-electron chi connectivity index (χ3n) is 6.57. The SMILES string of the molecule is Cc1ccc(N2CCN(C(=O)[C@@H]3CCn4c(C(=O)c5ccccc5)ccc43)CC2)cc1. The number of piperazine rings is 1. The molecular weight excluding hydrogens is 386 g/mol. The van der Waals surface area contributed by atoms with Crippen LogP contribution in [0.4, 0.5) is 5.69 Å². The van der Waals surface area contributed by atoms with Crippen LogP contribution in [0.15, 0.2) is 66.7 Å². The number of benzene rings is 2. The van der Waals surface area contributed by atoms with Gasteiger partial charge in [0.05, 0.1) is 11.6 Å². The number of amides is 1. The Morgan fingerprint density at radius 1 is 0.806 bits per heavy atom. The molecule has 3 aromatic rings. The first-order chi connectivity index (χ1) is 15.1. The fourth-order valence-corrected chi connectivity index (χ4v) is 4.79. The fourth-order valence-electron chi connectivity index (χ4n) is 4.79. The van der Waals surface area contributed by atoms with Crippen molar-refractivity contribution in [2.45, 2.75) is 25.8 Å². The number of hydrogen-bond donors (Lipinski definition) is 0. The maximum Gasteiger partial charge on any atom is 0.231 e. The number of ketones is 1. The van der Waals surface area contributed by atoms with Gasteiger partial charge in [-0.2, -0.15) is 0 Å². The maximum atomic E-state index is 13.3. The summed E-state index contributed by atoms with van der Waals surface area (Å²) in [6.45, 7) is 5.98. The third-order valence-corrected chi connectivity index (χ3v) is 6.57. The van der Waals surface area contributed by atoms with Crippen LogP contribution in [0.2, 0.25) is 0 Å². The van der Waals surface area contributed by atoms with E-state index >= 15 is 0 Å². The highest BCUT2D eigenvalue weighted by molar-refractivity contribution is 6.08. The predicted molar refractivity (Wildman–Crippen MR) is 122 cm³/mol. The smallest absolute Gasteiger partial charge is 0.231 e. The first-order valence-electron chi connectivity index (χ1n) is 11.0. The van der Waals surface area contributed by atoms with Crippen molar-refractivity contribution in [3.63, 3.8) is 0 Å². The van der Waals surface area contributed by atoms with Crippen LogP contribution in [0.1, 0.15) is 39.6 Å². The summed E-state index contributed by atoms with van der Waals surface area (Å²) < 4.78 is 2.04. The van der Waals surface area contributed by atoms with Crippen molar-refractivity contribution >= 4 is 17.4 Å². The minimum Gasteiger partial charge on any atom is -0.368 e. The average Bonchev–Trinajstić information content (AvgIpc) is 3.42. The fraction of sp³-hybridized carbons (Fsp3) is 0.308. The van der Waals surface area contributed by atoms with Crippen molar-refractivity contribution in [3.05, 3.63) is 89.2 Å². The van der Waals surface area contributed by atoms with Crippen molar-refractivity contribution in [3.8, 4) is 0 Å². The van der Waals surface area contributed by atoms with Crippen LogP contribution < -0.4 is 4.90 Å². The molecule has 2 aromatic carbocycles. The van der Waals surface area contributed by atoms with E-state index in [1.807, 2.05) is 51.9 Å². The maximum absolute atomic E-state index is 13.3. The van der Waals surface area contributed by atoms with E-state index in [0.717, 1.165) is 44.8 Å². The van der Waals surface area contributed by atoms with Crippen LogP contribution in [0.25, 0.3) is 0 Å². The van der Waals surface area contributed by atoms with Gasteiger partial charge in [0, 0.05) is 49.7 Å². The lowest BCUT2D eigenvalue weighted by Gasteiger charge is -2.37. The summed E-state index contributed by atoms with van der Waals surface area (Å²) in [6, 6.07) is 21.8. The zero-order valence-corrected chi connectivity index (χ0v) is 17.8. The zero-order chi connectivity index (χ0) is 21.4. The molecule has 5 heteroatoms. The van der Waals surface area contributed by atoms with Gasteiger partial charge in [0.2, 0.25) is 11.7 Å².